The van der Waals surface area contributed by atoms with E-state index in [9.17, 15) is 4.39 Å². The number of aryl methyl sites for hydroxylation is 1. The van der Waals surface area contributed by atoms with Crippen LogP contribution >= 0.6 is 0 Å². The molecule has 2 aromatic rings. The predicted octanol–water partition coefficient (Wildman–Crippen LogP) is 4.13. The van der Waals surface area contributed by atoms with Gasteiger partial charge in [-0.2, -0.15) is 0 Å². The summed E-state index contributed by atoms with van der Waals surface area (Å²) in [4.78, 5) is 0. The molecule has 2 rings (SSSR count). The van der Waals surface area contributed by atoms with Crippen molar-refractivity contribution in [2.75, 3.05) is 0 Å². The van der Waals surface area contributed by atoms with Crippen molar-refractivity contribution in [2.24, 2.45) is 5.73 Å². The van der Waals surface area contributed by atoms with Crippen molar-refractivity contribution in [1.29, 1.82) is 0 Å². The Bertz CT molecular complexity index is 585. The third kappa shape index (κ3) is 3.90. The first kappa shape index (κ1) is 15.7. The van der Waals surface area contributed by atoms with Gasteiger partial charge in [-0.25, -0.2) is 4.39 Å². The van der Waals surface area contributed by atoms with Crippen LogP contribution in [0.1, 0.15) is 36.1 Å². The Balaban J connectivity index is 2.18. The zero-order valence-electron chi connectivity index (χ0n) is 12.6. The third-order valence-electron chi connectivity index (χ3n) is 3.73. The quantitative estimate of drug-likeness (QED) is 0.867. The Hall–Kier alpha value is -1.71. The van der Waals surface area contributed by atoms with Gasteiger partial charge in [0.25, 0.3) is 0 Å². The van der Waals surface area contributed by atoms with Gasteiger partial charge in [0.2, 0.25) is 0 Å². The molecule has 0 aliphatic rings. The number of rotatable bonds is 6. The number of nitrogens with two attached hydrogens (primary N) is 1. The Kier molecular flexibility index (Phi) is 5.48. The van der Waals surface area contributed by atoms with E-state index >= 15 is 0 Å². The second-order valence-corrected chi connectivity index (χ2v) is 5.25. The van der Waals surface area contributed by atoms with Gasteiger partial charge in [-0.1, -0.05) is 49.4 Å². The van der Waals surface area contributed by atoms with Gasteiger partial charge in [0, 0.05) is 11.6 Å². The SMILES string of the molecule is CCC(N)C(OCc1ccccc1F)c1ccccc1C. The monoisotopic (exact) mass is 287 g/mol. The van der Waals surface area contributed by atoms with Crippen molar-refractivity contribution < 1.29 is 9.13 Å². The zero-order valence-corrected chi connectivity index (χ0v) is 12.6. The van der Waals surface area contributed by atoms with Gasteiger partial charge in [-0.05, 0) is 30.5 Å². The highest BCUT2D eigenvalue weighted by Crippen LogP contribution is 2.26. The summed E-state index contributed by atoms with van der Waals surface area (Å²) in [5.74, 6) is -0.244. The lowest BCUT2D eigenvalue weighted by Crippen LogP contribution is -2.30. The summed E-state index contributed by atoms with van der Waals surface area (Å²) in [7, 11) is 0. The summed E-state index contributed by atoms with van der Waals surface area (Å²) in [6, 6.07) is 14.6. The molecule has 2 aromatic carbocycles. The number of halogens is 1. The maximum Gasteiger partial charge on any atom is 0.128 e. The van der Waals surface area contributed by atoms with E-state index in [1.54, 1.807) is 12.1 Å². The molecule has 2 unspecified atom stereocenters. The van der Waals surface area contributed by atoms with Crippen molar-refractivity contribution in [3.8, 4) is 0 Å². The molecule has 0 heterocycles. The maximum atomic E-state index is 13.7. The second-order valence-electron chi connectivity index (χ2n) is 5.25. The fraction of sp³-hybridized carbons (Fsp3) is 0.333. The molecule has 0 aliphatic heterocycles. The molecular weight excluding hydrogens is 265 g/mol. The van der Waals surface area contributed by atoms with Crippen LogP contribution in [0.5, 0.6) is 0 Å². The number of benzene rings is 2. The van der Waals surface area contributed by atoms with Gasteiger partial charge >= 0.3 is 0 Å². The smallest absolute Gasteiger partial charge is 0.128 e. The van der Waals surface area contributed by atoms with Crippen LogP contribution in [0.2, 0.25) is 0 Å². The fourth-order valence-corrected chi connectivity index (χ4v) is 2.36. The Labute approximate surface area is 125 Å². The molecule has 0 radical (unpaired) electrons. The maximum absolute atomic E-state index is 13.7. The molecule has 3 heteroatoms. The highest BCUT2D eigenvalue weighted by atomic mass is 19.1. The van der Waals surface area contributed by atoms with Gasteiger partial charge in [0.05, 0.1) is 12.7 Å². The van der Waals surface area contributed by atoms with Gasteiger partial charge in [-0.3, -0.25) is 0 Å². The van der Waals surface area contributed by atoms with Crippen LogP contribution in [0.15, 0.2) is 48.5 Å². The lowest BCUT2D eigenvalue weighted by atomic mass is 9.97. The van der Waals surface area contributed by atoms with Crippen LogP contribution in [0.3, 0.4) is 0 Å². The molecule has 2 N–H and O–H groups in total. The van der Waals surface area contributed by atoms with Crippen LogP contribution in [0.25, 0.3) is 0 Å². The first-order valence-corrected chi connectivity index (χ1v) is 7.29. The lowest BCUT2D eigenvalue weighted by Gasteiger charge is -2.25. The molecule has 0 aliphatic carbocycles. The average Bonchev–Trinajstić information content (AvgIpc) is 2.50. The fourth-order valence-electron chi connectivity index (χ4n) is 2.36. The Morgan fingerprint density at radius 3 is 2.43 bits per heavy atom. The molecule has 0 saturated heterocycles. The van der Waals surface area contributed by atoms with Crippen LogP contribution in [-0.4, -0.2) is 6.04 Å². The molecule has 0 saturated carbocycles. The van der Waals surface area contributed by atoms with Crippen LogP contribution in [0.4, 0.5) is 4.39 Å². The topological polar surface area (TPSA) is 35.2 Å². The molecule has 21 heavy (non-hydrogen) atoms. The van der Waals surface area contributed by atoms with Gasteiger partial charge in [0.15, 0.2) is 0 Å². The van der Waals surface area contributed by atoms with Crippen LogP contribution in [-0.2, 0) is 11.3 Å². The van der Waals surface area contributed by atoms with Crippen molar-refractivity contribution in [1.82, 2.24) is 0 Å². The number of ether oxygens (including phenoxy) is 1. The van der Waals surface area contributed by atoms with Gasteiger partial charge < -0.3 is 10.5 Å². The minimum atomic E-state index is -0.244. The largest absolute Gasteiger partial charge is 0.367 e. The minimum Gasteiger partial charge on any atom is -0.367 e. The van der Waals surface area contributed by atoms with Crippen LogP contribution in [0, 0.1) is 12.7 Å². The molecular formula is C18H22FNO. The van der Waals surface area contributed by atoms with Crippen molar-refractivity contribution in [2.45, 2.75) is 39.0 Å². The molecule has 0 bridgehead atoms. The van der Waals surface area contributed by atoms with E-state index in [2.05, 4.69) is 0 Å². The number of hydrogen-bond acceptors (Lipinski definition) is 2. The highest BCUT2D eigenvalue weighted by Gasteiger charge is 2.21. The van der Waals surface area contributed by atoms with Crippen molar-refractivity contribution in [3.63, 3.8) is 0 Å². The lowest BCUT2D eigenvalue weighted by molar-refractivity contribution is 0.0195. The second kappa shape index (κ2) is 7.34. The van der Waals surface area contributed by atoms with E-state index in [-0.39, 0.29) is 24.6 Å². The summed E-state index contributed by atoms with van der Waals surface area (Å²) in [5.41, 5.74) is 8.97. The molecule has 112 valence electrons. The molecule has 0 amide bonds. The van der Waals surface area contributed by atoms with E-state index in [4.69, 9.17) is 10.5 Å². The molecule has 0 spiro atoms. The van der Waals surface area contributed by atoms with Gasteiger partial charge in [-0.15, -0.1) is 0 Å². The summed E-state index contributed by atoms with van der Waals surface area (Å²) >= 11 is 0. The van der Waals surface area contributed by atoms with Crippen molar-refractivity contribution in [3.05, 3.63) is 71.0 Å². The first-order valence-electron chi connectivity index (χ1n) is 7.29. The summed E-state index contributed by atoms with van der Waals surface area (Å²) in [5, 5.41) is 0. The standard InChI is InChI=1S/C18H22FNO/c1-3-17(20)18(15-10-6-4-8-13(15)2)21-12-14-9-5-7-11-16(14)19/h4-11,17-18H,3,12,20H2,1-2H3. The molecule has 2 nitrogen and oxygen atoms in total. The van der Waals surface area contributed by atoms with E-state index in [1.807, 2.05) is 44.2 Å². The van der Waals surface area contributed by atoms with Crippen molar-refractivity contribution >= 4 is 0 Å². The normalized spacial score (nSPS) is 13.9. The Morgan fingerprint density at radius 1 is 1.10 bits per heavy atom. The van der Waals surface area contributed by atoms with E-state index in [0.717, 1.165) is 17.5 Å². The molecule has 2 atom stereocenters. The van der Waals surface area contributed by atoms with Crippen LogP contribution < -0.4 is 5.73 Å². The average molecular weight is 287 g/mol. The minimum absolute atomic E-state index is 0.113. The Morgan fingerprint density at radius 2 is 1.76 bits per heavy atom. The first-order chi connectivity index (χ1) is 10.1. The van der Waals surface area contributed by atoms with Gasteiger partial charge in [0.1, 0.15) is 5.82 Å². The van der Waals surface area contributed by atoms with E-state index in [0.29, 0.717) is 5.56 Å². The summed E-state index contributed by atoms with van der Waals surface area (Å²) in [6.45, 7) is 4.29. The molecule has 0 aromatic heterocycles. The third-order valence-corrected chi connectivity index (χ3v) is 3.73. The van der Waals surface area contributed by atoms with E-state index in [1.165, 1.54) is 6.07 Å². The highest BCUT2D eigenvalue weighted by molar-refractivity contribution is 5.29. The zero-order chi connectivity index (χ0) is 15.2. The predicted molar refractivity (Wildman–Crippen MR) is 83.4 cm³/mol. The molecule has 0 fully saturated rings. The number of hydrogen-bond donors (Lipinski definition) is 1. The summed E-state index contributed by atoms with van der Waals surface area (Å²) in [6.07, 6.45) is 0.576. The van der Waals surface area contributed by atoms with E-state index < -0.39 is 0 Å². The summed E-state index contributed by atoms with van der Waals surface area (Å²) < 4.78 is 19.7.